The molecule has 0 N–H and O–H groups in total. The quantitative estimate of drug-likeness (QED) is 0.423. The van der Waals surface area contributed by atoms with Crippen LogP contribution in [0.3, 0.4) is 0 Å². The van der Waals surface area contributed by atoms with Gasteiger partial charge in [0.05, 0.1) is 0 Å². The number of rotatable bonds is 0. The van der Waals surface area contributed by atoms with E-state index in [4.69, 9.17) is 12.2 Å². The van der Waals surface area contributed by atoms with Crippen molar-refractivity contribution < 1.29 is 34.6 Å². The van der Waals surface area contributed by atoms with Crippen LogP contribution < -0.4 is 8.38 Å². The summed E-state index contributed by atoms with van der Waals surface area (Å²) in [7, 11) is 0. The fourth-order valence-electron chi connectivity index (χ4n) is 0. The Kier molecular flexibility index (Phi) is 9.32. The Bertz CT molecular complexity index is 29.9. The smallest absolute Gasteiger partial charge is 0 e. The van der Waals surface area contributed by atoms with Gasteiger partial charge in [0.2, 0.25) is 0 Å². The minimum absolute atomic E-state index is 0. The molecule has 0 saturated carbocycles. The van der Waals surface area contributed by atoms with E-state index in [0.717, 1.165) is 0 Å². The summed E-state index contributed by atoms with van der Waals surface area (Å²) < 4.78 is 25.6. The summed E-state index contributed by atoms with van der Waals surface area (Å²) in [5.41, 5.74) is 0. The standard InChI is InChI=1S/Ag.H2O3Se/c;1-4(2)3/h;(H2,1,2,3)/p-2. The topological polar surface area (TPSA) is 63.2 Å². The normalized spacial score (nSPS) is 7.00. The maximum Gasteiger partial charge on any atom is 0 e. The molecular formula is AgO3Se-2. The third kappa shape index (κ3) is 46.1. The van der Waals surface area contributed by atoms with Crippen molar-refractivity contribution >= 4 is 14.5 Å². The molecule has 0 saturated heterocycles. The second-order valence-electron chi connectivity index (χ2n) is 0.204. The van der Waals surface area contributed by atoms with E-state index in [1.54, 1.807) is 0 Å². The van der Waals surface area contributed by atoms with Crippen LogP contribution in [0.4, 0.5) is 0 Å². The van der Waals surface area contributed by atoms with Crippen molar-refractivity contribution in [2.75, 3.05) is 0 Å². The Morgan fingerprint density at radius 2 is 1.40 bits per heavy atom. The molecule has 0 spiro atoms. The van der Waals surface area contributed by atoms with E-state index in [2.05, 4.69) is 0 Å². The Morgan fingerprint density at radius 1 is 1.40 bits per heavy atom. The second kappa shape index (κ2) is 4.98. The average molecular weight is 235 g/mol. The summed E-state index contributed by atoms with van der Waals surface area (Å²) in [6.07, 6.45) is 0. The van der Waals surface area contributed by atoms with E-state index < -0.39 is 14.5 Å². The Morgan fingerprint density at radius 3 is 1.40 bits per heavy atom. The predicted octanol–water partition coefficient (Wildman–Crippen LogP) is -2.88. The molecule has 0 aromatic heterocycles. The van der Waals surface area contributed by atoms with Gasteiger partial charge < -0.3 is 0 Å². The molecule has 0 aliphatic carbocycles. The summed E-state index contributed by atoms with van der Waals surface area (Å²) in [5, 5.41) is 0. The molecule has 0 aromatic carbocycles. The molecule has 5 heteroatoms. The Labute approximate surface area is 49.2 Å². The van der Waals surface area contributed by atoms with E-state index in [0.29, 0.717) is 0 Å². The predicted molar refractivity (Wildman–Crippen MR) is 6.44 cm³/mol. The van der Waals surface area contributed by atoms with Gasteiger partial charge in [-0.3, -0.25) is 0 Å². The van der Waals surface area contributed by atoms with Gasteiger partial charge in [0.15, 0.2) is 0 Å². The Hall–Kier alpha value is 0.980. The van der Waals surface area contributed by atoms with Gasteiger partial charge in [-0.15, -0.1) is 0 Å². The van der Waals surface area contributed by atoms with Crippen LogP contribution in [0.25, 0.3) is 0 Å². The zero-order chi connectivity index (χ0) is 3.58. The molecular weight excluding hydrogens is 235 g/mol. The van der Waals surface area contributed by atoms with Crippen molar-refractivity contribution in [3.05, 3.63) is 0 Å². The summed E-state index contributed by atoms with van der Waals surface area (Å²) in [5.74, 6) is 0. The minimum atomic E-state index is -3.79. The van der Waals surface area contributed by atoms with E-state index >= 15 is 0 Å². The van der Waals surface area contributed by atoms with E-state index in [-0.39, 0.29) is 22.4 Å². The SMILES string of the molecule is O=[Se]([O-])[O-].[Ag]. The van der Waals surface area contributed by atoms with Gasteiger partial charge in [-0.25, -0.2) is 0 Å². The van der Waals surface area contributed by atoms with Crippen molar-refractivity contribution in [2.45, 2.75) is 0 Å². The third-order valence-corrected chi connectivity index (χ3v) is 0. The molecule has 0 unspecified atom stereocenters. The van der Waals surface area contributed by atoms with Crippen LogP contribution in [0.5, 0.6) is 0 Å². The summed E-state index contributed by atoms with van der Waals surface area (Å²) in [6.45, 7) is 0. The van der Waals surface area contributed by atoms with Gasteiger partial charge in [-0.2, -0.15) is 0 Å². The second-order valence-corrected chi connectivity index (χ2v) is 1.06. The number of hydrogen-bond donors (Lipinski definition) is 0. The fraction of sp³-hybridized carbons (Fsp3) is 0. The van der Waals surface area contributed by atoms with Crippen LogP contribution in [-0.4, -0.2) is 14.5 Å². The van der Waals surface area contributed by atoms with Crippen LogP contribution in [0.2, 0.25) is 0 Å². The number of hydrogen-bond acceptors (Lipinski definition) is 3. The van der Waals surface area contributed by atoms with Gasteiger partial charge in [0, 0.05) is 22.4 Å². The van der Waals surface area contributed by atoms with E-state index in [1.807, 2.05) is 0 Å². The molecule has 37 valence electrons. The van der Waals surface area contributed by atoms with Gasteiger partial charge in [-0.1, -0.05) is 0 Å². The summed E-state index contributed by atoms with van der Waals surface area (Å²) in [6, 6.07) is 0. The van der Waals surface area contributed by atoms with Gasteiger partial charge >= 0.3 is 26.7 Å². The Balaban J connectivity index is 0. The average Bonchev–Trinajstić information content (AvgIpc) is 0.811. The maximum atomic E-state index is 8.54. The molecule has 0 heterocycles. The molecule has 3 nitrogen and oxygen atoms in total. The zero-order valence-corrected chi connectivity index (χ0v) is 5.13. The molecule has 0 rings (SSSR count). The molecule has 0 amide bonds. The van der Waals surface area contributed by atoms with E-state index in [9.17, 15) is 0 Å². The third-order valence-electron chi connectivity index (χ3n) is 0. The van der Waals surface area contributed by atoms with Crippen molar-refractivity contribution in [3.63, 3.8) is 0 Å². The van der Waals surface area contributed by atoms with Crippen molar-refractivity contribution in [2.24, 2.45) is 0 Å². The van der Waals surface area contributed by atoms with Gasteiger partial charge in [-0.05, 0) is 0 Å². The molecule has 5 heavy (non-hydrogen) atoms. The van der Waals surface area contributed by atoms with Crippen molar-refractivity contribution in [1.82, 2.24) is 0 Å². The molecule has 0 aliphatic heterocycles. The molecule has 0 atom stereocenters. The molecule has 0 aliphatic rings. The van der Waals surface area contributed by atoms with E-state index in [1.165, 1.54) is 0 Å². The first-order valence-electron chi connectivity index (χ1n) is 0.500. The fourth-order valence-corrected chi connectivity index (χ4v) is 0. The van der Waals surface area contributed by atoms with Crippen LogP contribution in [-0.2, 0) is 26.2 Å². The first kappa shape index (κ1) is 9.36. The van der Waals surface area contributed by atoms with Crippen LogP contribution >= 0.6 is 0 Å². The largest absolute Gasteiger partial charge is 0 e. The maximum absolute atomic E-state index is 8.54. The first-order valence-corrected chi connectivity index (χ1v) is 2.60. The van der Waals surface area contributed by atoms with Crippen molar-refractivity contribution in [3.8, 4) is 0 Å². The summed E-state index contributed by atoms with van der Waals surface area (Å²) in [4.78, 5) is 0. The van der Waals surface area contributed by atoms with Crippen molar-refractivity contribution in [1.29, 1.82) is 0 Å². The van der Waals surface area contributed by atoms with Gasteiger partial charge in [0.1, 0.15) is 0 Å². The van der Waals surface area contributed by atoms with Crippen LogP contribution in [0.1, 0.15) is 0 Å². The van der Waals surface area contributed by atoms with Crippen LogP contribution in [0, 0.1) is 0 Å². The van der Waals surface area contributed by atoms with Gasteiger partial charge in [0.25, 0.3) is 0 Å². The van der Waals surface area contributed by atoms with Crippen LogP contribution in [0.15, 0.2) is 0 Å². The molecule has 0 bridgehead atoms. The first-order chi connectivity index (χ1) is 1.73. The monoisotopic (exact) mass is 235 g/mol. The zero-order valence-electron chi connectivity index (χ0n) is 1.93. The molecule has 0 fully saturated rings. The summed E-state index contributed by atoms with van der Waals surface area (Å²) >= 11 is -3.79. The minimum Gasteiger partial charge on any atom is 0 e. The molecule has 0 aromatic rings. The molecule has 1 radical (unpaired) electrons.